The fraction of sp³-hybridized carbons (Fsp3) is 0.529. The van der Waals surface area contributed by atoms with Gasteiger partial charge in [0.05, 0.1) is 18.1 Å². The molecule has 5 heteroatoms. The van der Waals surface area contributed by atoms with Gasteiger partial charge in [0.15, 0.2) is 5.78 Å². The molecular weight excluding hydrogens is 308 g/mol. The summed E-state index contributed by atoms with van der Waals surface area (Å²) in [7, 11) is 0. The van der Waals surface area contributed by atoms with Crippen LogP contribution in [0, 0.1) is 11.8 Å². The molecule has 1 aromatic carbocycles. The minimum absolute atomic E-state index is 0. The van der Waals surface area contributed by atoms with Crippen LogP contribution in [-0.4, -0.2) is 61.2 Å². The van der Waals surface area contributed by atoms with Crippen molar-refractivity contribution in [2.45, 2.75) is 38.5 Å². The average Bonchev–Trinajstić information content (AvgIpc) is 2.64. The predicted octanol–water partition coefficient (Wildman–Crippen LogP) is 2.34. The van der Waals surface area contributed by atoms with Gasteiger partial charge in [0.2, 0.25) is 0 Å². The first-order chi connectivity index (χ1) is 10.1. The van der Waals surface area contributed by atoms with Crippen LogP contribution in [0.2, 0.25) is 0 Å². The van der Waals surface area contributed by atoms with Crippen LogP contribution in [0.1, 0.15) is 54.4 Å². The zero-order chi connectivity index (χ0) is 15.0. The number of hydrogen-bond acceptors (Lipinski definition) is 3. The average molecular weight is 330 g/mol. The van der Waals surface area contributed by atoms with Gasteiger partial charge < -0.3 is 9.84 Å². The predicted molar refractivity (Wildman–Crippen MR) is 86.3 cm³/mol. The standard InChI is InChI=1S/C17H20O4.Ca.2H/c1-10(17(19)20)11-6-7-14-15(8-11)21-9-12-4-2-3-5-13(12)16(14)18;;;/h6-8,10,12-13H,2-5,9H2,1H3,(H,19,20);;;. The number of fused-ring (bicyclic) bond motifs is 2. The molecule has 2 aliphatic rings. The molecule has 0 radical (unpaired) electrons. The monoisotopic (exact) mass is 330 g/mol. The molecule has 3 unspecified atom stereocenters. The minimum atomic E-state index is -0.872. The molecule has 22 heavy (non-hydrogen) atoms. The normalized spacial score (nSPS) is 24.9. The van der Waals surface area contributed by atoms with E-state index in [0.717, 1.165) is 25.7 Å². The quantitative estimate of drug-likeness (QED) is 0.846. The number of carboxylic acids is 1. The molecule has 1 fully saturated rings. The van der Waals surface area contributed by atoms with Crippen molar-refractivity contribution < 1.29 is 19.4 Å². The Labute approximate surface area is 160 Å². The molecular formula is C17H22CaO4. The van der Waals surface area contributed by atoms with E-state index in [-0.39, 0.29) is 49.4 Å². The third-order valence-electron chi connectivity index (χ3n) is 4.84. The second-order valence-electron chi connectivity index (χ2n) is 6.14. The van der Waals surface area contributed by atoms with E-state index in [2.05, 4.69) is 0 Å². The van der Waals surface area contributed by atoms with Crippen molar-refractivity contribution in [1.29, 1.82) is 0 Å². The Hall–Kier alpha value is -0.580. The molecule has 0 spiro atoms. The molecule has 0 saturated heterocycles. The molecule has 4 nitrogen and oxygen atoms in total. The van der Waals surface area contributed by atoms with E-state index in [9.17, 15) is 9.59 Å². The Morgan fingerprint density at radius 2 is 2.05 bits per heavy atom. The molecule has 1 aliphatic carbocycles. The van der Waals surface area contributed by atoms with Gasteiger partial charge in [-0.25, -0.2) is 0 Å². The van der Waals surface area contributed by atoms with Crippen LogP contribution in [0.15, 0.2) is 18.2 Å². The van der Waals surface area contributed by atoms with Crippen LogP contribution in [0.5, 0.6) is 5.75 Å². The van der Waals surface area contributed by atoms with Crippen molar-refractivity contribution >= 4 is 49.5 Å². The molecule has 1 N–H and O–H groups in total. The number of carbonyl (C=O) groups is 2. The summed E-state index contributed by atoms with van der Waals surface area (Å²) in [5.74, 6) is -0.369. The molecule has 3 atom stereocenters. The number of rotatable bonds is 2. The Morgan fingerprint density at radius 3 is 2.77 bits per heavy atom. The van der Waals surface area contributed by atoms with Gasteiger partial charge in [0, 0.05) is 11.8 Å². The van der Waals surface area contributed by atoms with Gasteiger partial charge in [-0.15, -0.1) is 0 Å². The maximum absolute atomic E-state index is 12.7. The Bertz CT molecular complexity index is 584. The fourth-order valence-corrected chi connectivity index (χ4v) is 3.42. The summed E-state index contributed by atoms with van der Waals surface area (Å²) in [6.45, 7) is 2.21. The van der Waals surface area contributed by atoms with Gasteiger partial charge in [0.25, 0.3) is 0 Å². The summed E-state index contributed by atoms with van der Waals surface area (Å²) < 4.78 is 5.85. The number of benzene rings is 1. The molecule has 116 valence electrons. The zero-order valence-corrected chi connectivity index (χ0v) is 12.2. The van der Waals surface area contributed by atoms with Gasteiger partial charge in [-0.3, -0.25) is 9.59 Å². The Balaban J connectivity index is 0.00000176. The first-order valence-corrected chi connectivity index (χ1v) is 7.61. The van der Waals surface area contributed by atoms with Gasteiger partial charge in [0.1, 0.15) is 5.75 Å². The van der Waals surface area contributed by atoms with Crippen LogP contribution in [0.3, 0.4) is 0 Å². The summed E-state index contributed by atoms with van der Waals surface area (Å²) in [6.07, 6.45) is 4.26. The molecule has 1 aliphatic heterocycles. The molecule has 3 rings (SSSR count). The molecule has 0 amide bonds. The van der Waals surface area contributed by atoms with E-state index in [4.69, 9.17) is 9.84 Å². The van der Waals surface area contributed by atoms with Crippen LogP contribution in [0.4, 0.5) is 0 Å². The van der Waals surface area contributed by atoms with Crippen LogP contribution in [0.25, 0.3) is 0 Å². The molecule has 0 aromatic heterocycles. The molecule has 0 bridgehead atoms. The third-order valence-corrected chi connectivity index (χ3v) is 4.84. The van der Waals surface area contributed by atoms with Gasteiger partial charge in [-0.1, -0.05) is 18.9 Å². The third kappa shape index (κ3) is 3.34. The van der Waals surface area contributed by atoms with Crippen LogP contribution in [-0.2, 0) is 4.79 Å². The van der Waals surface area contributed by atoms with E-state index in [1.165, 1.54) is 0 Å². The van der Waals surface area contributed by atoms with Crippen molar-refractivity contribution in [3.05, 3.63) is 29.3 Å². The number of carbonyl (C=O) groups excluding carboxylic acids is 1. The number of ether oxygens (including phenoxy) is 1. The summed E-state index contributed by atoms with van der Waals surface area (Å²) in [6, 6.07) is 5.20. The number of hydrogen-bond donors (Lipinski definition) is 1. The Kier molecular flexibility index (Phi) is 5.92. The topological polar surface area (TPSA) is 63.6 Å². The van der Waals surface area contributed by atoms with Crippen LogP contribution < -0.4 is 4.74 Å². The molecule has 1 heterocycles. The fourth-order valence-electron chi connectivity index (χ4n) is 3.42. The number of ketones is 1. The van der Waals surface area contributed by atoms with Crippen LogP contribution >= 0.6 is 0 Å². The first kappa shape index (κ1) is 17.8. The van der Waals surface area contributed by atoms with Gasteiger partial charge in [-0.05, 0) is 37.5 Å². The van der Waals surface area contributed by atoms with Gasteiger partial charge in [-0.2, -0.15) is 0 Å². The van der Waals surface area contributed by atoms with Crippen molar-refractivity contribution in [2.75, 3.05) is 6.61 Å². The number of aliphatic carboxylic acids is 1. The van der Waals surface area contributed by atoms with E-state index >= 15 is 0 Å². The summed E-state index contributed by atoms with van der Waals surface area (Å²) in [5, 5.41) is 9.11. The van der Waals surface area contributed by atoms with E-state index in [1.54, 1.807) is 25.1 Å². The molecule has 1 aromatic rings. The van der Waals surface area contributed by atoms with Crippen molar-refractivity contribution in [3.8, 4) is 5.75 Å². The van der Waals surface area contributed by atoms with Gasteiger partial charge >= 0.3 is 43.7 Å². The van der Waals surface area contributed by atoms with Crippen molar-refractivity contribution in [2.24, 2.45) is 11.8 Å². The second-order valence-corrected chi connectivity index (χ2v) is 6.14. The number of Topliss-reactive ketones (excluding diaryl/α,β-unsaturated/α-hetero) is 1. The maximum atomic E-state index is 12.7. The van der Waals surface area contributed by atoms with Crippen molar-refractivity contribution in [3.63, 3.8) is 0 Å². The first-order valence-electron chi connectivity index (χ1n) is 7.61. The summed E-state index contributed by atoms with van der Waals surface area (Å²) >= 11 is 0. The Morgan fingerprint density at radius 1 is 1.32 bits per heavy atom. The van der Waals surface area contributed by atoms with Crippen molar-refractivity contribution in [1.82, 2.24) is 0 Å². The summed E-state index contributed by atoms with van der Waals surface area (Å²) in [4.78, 5) is 23.8. The van der Waals surface area contributed by atoms with E-state index in [0.29, 0.717) is 29.4 Å². The zero-order valence-electron chi connectivity index (χ0n) is 12.2. The second kappa shape index (κ2) is 7.33. The SMILES string of the molecule is CC(C(=O)O)c1ccc2c(c1)OCC1CCCCC1C2=O.[CaH2]. The van der Waals surface area contributed by atoms with E-state index in [1.807, 2.05) is 0 Å². The van der Waals surface area contributed by atoms with E-state index < -0.39 is 11.9 Å². The molecule has 1 saturated carbocycles. The number of carboxylic acid groups (broad SMARTS) is 1. The summed E-state index contributed by atoms with van der Waals surface area (Å²) in [5.41, 5.74) is 1.30.